The molecule has 7 nitrogen and oxygen atoms in total. The first-order valence-electron chi connectivity index (χ1n) is 5.12. The van der Waals surface area contributed by atoms with E-state index >= 15 is 0 Å². The van der Waals surface area contributed by atoms with Gasteiger partial charge in [0.2, 0.25) is 0 Å². The van der Waals surface area contributed by atoms with Crippen molar-refractivity contribution in [1.29, 1.82) is 0 Å². The minimum absolute atomic E-state index is 0.511. The molecule has 1 N–H and O–H groups in total. The highest BCUT2D eigenvalue weighted by atomic mass is 16.3. The molecule has 0 amide bonds. The maximum Gasteiger partial charge on any atom is 0.111 e. The molecule has 1 unspecified atom stereocenters. The summed E-state index contributed by atoms with van der Waals surface area (Å²) in [5.74, 6) is 0. The van der Waals surface area contributed by atoms with Crippen LogP contribution in [0.25, 0.3) is 0 Å². The number of nitrogens with zero attached hydrogens (tertiary/aromatic N) is 6. The first-order chi connectivity index (χ1) is 7.69. The van der Waals surface area contributed by atoms with Crippen LogP contribution in [0.4, 0.5) is 0 Å². The van der Waals surface area contributed by atoms with E-state index in [1.165, 1.54) is 0 Å². The molecule has 0 radical (unpaired) electrons. The van der Waals surface area contributed by atoms with E-state index < -0.39 is 6.10 Å². The summed E-state index contributed by atoms with van der Waals surface area (Å²) < 4.78 is 3.27. The largest absolute Gasteiger partial charge is 0.387 e. The average molecular weight is 222 g/mol. The molecule has 86 valence electrons. The van der Waals surface area contributed by atoms with Gasteiger partial charge in [-0.15, -0.1) is 10.2 Å². The number of aliphatic hydroxyl groups excluding tert-OH is 1. The minimum Gasteiger partial charge on any atom is -0.387 e. The van der Waals surface area contributed by atoms with Crippen LogP contribution in [0.1, 0.15) is 30.8 Å². The van der Waals surface area contributed by atoms with Crippen LogP contribution in [0.2, 0.25) is 0 Å². The summed E-state index contributed by atoms with van der Waals surface area (Å²) in [6.45, 7) is 2.41. The summed E-state index contributed by atoms with van der Waals surface area (Å²) in [6.07, 6.45) is 3.63. The minimum atomic E-state index is -0.546. The van der Waals surface area contributed by atoms with Crippen LogP contribution < -0.4 is 0 Å². The summed E-state index contributed by atoms with van der Waals surface area (Å²) in [4.78, 5) is 0. The third kappa shape index (κ3) is 2.25. The highest BCUT2D eigenvalue weighted by Crippen LogP contribution is 2.12. The fourth-order valence-electron chi connectivity index (χ4n) is 1.39. The lowest BCUT2D eigenvalue weighted by atomic mass is 10.2. The van der Waals surface area contributed by atoms with Crippen molar-refractivity contribution >= 4 is 0 Å². The normalized spacial score (nSPS) is 12.9. The van der Waals surface area contributed by atoms with Gasteiger partial charge in [0.05, 0.1) is 18.8 Å². The van der Waals surface area contributed by atoms with E-state index in [-0.39, 0.29) is 0 Å². The van der Waals surface area contributed by atoms with Crippen LogP contribution in [0.5, 0.6) is 0 Å². The molecule has 7 heteroatoms. The van der Waals surface area contributed by atoms with E-state index in [0.717, 1.165) is 5.69 Å². The number of hydrogen-bond donors (Lipinski definition) is 1. The van der Waals surface area contributed by atoms with Crippen LogP contribution >= 0.6 is 0 Å². The SMILES string of the molecule is CCC(O)c1cn(Cc2cn(C)nn2)nn1. The Balaban J connectivity index is 2.08. The third-order valence-electron chi connectivity index (χ3n) is 2.26. The van der Waals surface area contributed by atoms with Crippen molar-refractivity contribution in [2.24, 2.45) is 7.05 Å². The van der Waals surface area contributed by atoms with E-state index in [2.05, 4.69) is 20.6 Å². The van der Waals surface area contributed by atoms with Gasteiger partial charge in [-0.05, 0) is 6.42 Å². The Morgan fingerprint density at radius 2 is 2.12 bits per heavy atom. The Morgan fingerprint density at radius 3 is 2.75 bits per heavy atom. The van der Waals surface area contributed by atoms with E-state index in [0.29, 0.717) is 18.7 Å². The maximum absolute atomic E-state index is 9.56. The Kier molecular flexibility index (Phi) is 2.95. The van der Waals surface area contributed by atoms with Crippen molar-refractivity contribution in [1.82, 2.24) is 30.0 Å². The van der Waals surface area contributed by atoms with Gasteiger partial charge in [-0.1, -0.05) is 17.4 Å². The quantitative estimate of drug-likeness (QED) is 0.781. The molecular formula is C9H14N6O. The highest BCUT2D eigenvalue weighted by molar-refractivity contribution is 4.99. The molecule has 0 aliphatic carbocycles. The number of aromatic nitrogens is 6. The van der Waals surface area contributed by atoms with Gasteiger partial charge in [0.1, 0.15) is 11.4 Å². The number of aryl methyl sites for hydroxylation is 1. The molecule has 2 heterocycles. The van der Waals surface area contributed by atoms with Gasteiger partial charge >= 0.3 is 0 Å². The third-order valence-corrected chi connectivity index (χ3v) is 2.26. The smallest absolute Gasteiger partial charge is 0.111 e. The Bertz CT molecular complexity index is 462. The second kappa shape index (κ2) is 4.40. The zero-order valence-corrected chi connectivity index (χ0v) is 9.28. The van der Waals surface area contributed by atoms with Crippen LogP contribution in [0.3, 0.4) is 0 Å². The molecule has 0 spiro atoms. The molecule has 0 saturated heterocycles. The molecule has 0 aromatic carbocycles. The second-order valence-electron chi connectivity index (χ2n) is 3.65. The Morgan fingerprint density at radius 1 is 1.31 bits per heavy atom. The molecule has 16 heavy (non-hydrogen) atoms. The van der Waals surface area contributed by atoms with Crippen molar-refractivity contribution in [3.8, 4) is 0 Å². The van der Waals surface area contributed by atoms with Crippen molar-refractivity contribution in [3.05, 3.63) is 23.8 Å². The monoisotopic (exact) mass is 222 g/mol. The van der Waals surface area contributed by atoms with Gasteiger partial charge in [-0.3, -0.25) is 4.68 Å². The fourth-order valence-corrected chi connectivity index (χ4v) is 1.39. The summed E-state index contributed by atoms with van der Waals surface area (Å²) in [5.41, 5.74) is 1.40. The van der Waals surface area contributed by atoms with Crippen LogP contribution in [-0.4, -0.2) is 35.1 Å². The molecule has 0 fully saturated rings. The van der Waals surface area contributed by atoms with Crippen molar-refractivity contribution < 1.29 is 5.11 Å². The standard InChI is InChI=1S/C9H14N6O/c1-3-9(16)8-6-15(13-11-8)5-7-4-14(2)12-10-7/h4,6,9,16H,3,5H2,1-2H3. The van der Waals surface area contributed by atoms with E-state index in [1.807, 2.05) is 20.2 Å². The van der Waals surface area contributed by atoms with Gasteiger partial charge in [-0.2, -0.15) is 0 Å². The molecule has 2 rings (SSSR count). The molecule has 0 aliphatic rings. The summed E-state index contributed by atoms with van der Waals surface area (Å²) >= 11 is 0. The van der Waals surface area contributed by atoms with Crippen LogP contribution in [0, 0.1) is 0 Å². The predicted octanol–water partition coefficient (Wildman–Crippen LogP) is -0.102. The van der Waals surface area contributed by atoms with E-state index in [1.54, 1.807) is 15.6 Å². The van der Waals surface area contributed by atoms with Crippen molar-refractivity contribution in [2.45, 2.75) is 26.0 Å². The first-order valence-corrected chi connectivity index (χ1v) is 5.12. The first kappa shape index (κ1) is 10.7. The van der Waals surface area contributed by atoms with E-state index in [4.69, 9.17) is 0 Å². The van der Waals surface area contributed by atoms with Crippen LogP contribution in [0.15, 0.2) is 12.4 Å². The summed E-state index contributed by atoms with van der Waals surface area (Å²) in [7, 11) is 1.81. The van der Waals surface area contributed by atoms with Gasteiger partial charge in [0.15, 0.2) is 0 Å². The maximum atomic E-state index is 9.56. The van der Waals surface area contributed by atoms with Gasteiger partial charge < -0.3 is 5.11 Å². The van der Waals surface area contributed by atoms with Gasteiger partial charge in [0.25, 0.3) is 0 Å². The molecular weight excluding hydrogens is 208 g/mol. The van der Waals surface area contributed by atoms with E-state index in [9.17, 15) is 5.11 Å². The number of rotatable bonds is 4. The lowest BCUT2D eigenvalue weighted by Gasteiger charge is -2.00. The van der Waals surface area contributed by atoms with Crippen molar-refractivity contribution in [2.75, 3.05) is 0 Å². The molecule has 2 aromatic heterocycles. The lowest BCUT2D eigenvalue weighted by Crippen LogP contribution is -2.00. The molecule has 0 aliphatic heterocycles. The van der Waals surface area contributed by atoms with Gasteiger partial charge in [0, 0.05) is 13.2 Å². The van der Waals surface area contributed by atoms with Gasteiger partial charge in [-0.25, -0.2) is 4.68 Å². The topological polar surface area (TPSA) is 81.7 Å². The fraction of sp³-hybridized carbons (Fsp3) is 0.556. The molecule has 0 bridgehead atoms. The summed E-state index contributed by atoms with van der Waals surface area (Å²) in [5, 5.41) is 25.2. The Labute approximate surface area is 92.7 Å². The Hall–Kier alpha value is -1.76. The predicted molar refractivity (Wildman–Crippen MR) is 55.4 cm³/mol. The van der Waals surface area contributed by atoms with Crippen LogP contribution in [-0.2, 0) is 13.6 Å². The average Bonchev–Trinajstić information content (AvgIpc) is 2.87. The zero-order valence-electron chi connectivity index (χ0n) is 9.28. The zero-order chi connectivity index (χ0) is 11.5. The second-order valence-corrected chi connectivity index (χ2v) is 3.65. The highest BCUT2D eigenvalue weighted by Gasteiger charge is 2.10. The molecule has 0 saturated carbocycles. The molecule has 2 aromatic rings. The molecule has 1 atom stereocenters. The number of hydrogen-bond acceptors (Lipinski definition) is 5. The lowest BCUT2D eigenvalue weighted by molar-refractivity contribution is 0.168. The van der Waals surface area contributed by atoms with Crippen molar-refractivity contribution in [3.63, 3.8) is 0 Å². The summed E-state index contributed by atoms with van der Waals surface area (Å²) in [6, 6.07) is 0. The number of aliphatic hydroxyl groups is 1.